The van der Waals surface area contributed by atoms with Crippen molar-refractivity contribution >= 4 is 56.4 Å². The lowest BCUT2D eigenvalue weighted by Gasteiger charge is -2.04. The Hall–Kier alpha value is 0.01000. The lowest BCUT2D eigenvalue weighted by Crippen LogP contribution is -1.75. The maximum Gasteiger partial charge on any atom is 0.0432 e. The van der Waals surface area contributed by atoms with Crippen molar-refractivity contribution in [2.45, 2.75) is 16.7 Å². The molecule has 0 nitrogen and oxygen atoms in total. The monoisotopic (exact) mass is 334 g/mol. The highest BCUT2D eigenvalue weighted by molar-refractivity contribution is 8.76. The number of hydrogen-bond acceptors (Lipinski definition) is 2. The molecule has 0 aliphatic rings. The Morgan fingerprint density at radius 2 is 1.11 bits per heavy atom. The second-order valence-electron chi connectivity index (χ2n) is 3.74. The lowest BCUT2D eigenvalue weighted by molar-refractivity contribution is 1.37. The van der Waals surface area contributed by atoms with Crippen LogP contribution in [0.3, 0.4) is 0 Å². The Labute approximate surface area is 129 Å². The summed E-state index contributed by atoms with van der Waals surface area (Å²) in [5.74, 6) is 0. The first-order valence-electron chi connectivity index (χ1n) is 5.11. The van der Waals surface area contributed by atoms with Gasteiger partial charge in [-0.05, 0) is 48.9 Å². The van der Waals surface area contributed by atoms with E-state index in [9.17, 15) is 0 Å². The molecule has 2 rings (SSSR count). The molecule has 0 unspecified atom stereocenters. The third-order valence-corrected chi connectivity index (χ3v) is 5.08. The quantitative estimate of drug-likeness (QED) is 0.569. The average Bonchev–Trinajstić information content (AvgIpc) is 2.23. The zero-order chi connectivity index (χ0) is 13.1. The van der Waals surface area contributed by atoms with Crippen LogP contribution in [-0.2, 0) is 0 Å². The maximum absolute atomic E-state index is 6.02. The van der Waals surface area contributed by atoms with Gasteiger partial charge in [0.1, 0.15) is 0 Å². The van der Waals surface area contributed by atoms with Crippen LogP contribution in [0, 0.1) is 6.92 Å². The molecule has 0 saturated heterocycles. The summed E-state index contributed by atoms with van der Waals surface area (Å²) >= 11 is 17.9. The van der Waals surface area contributed by atoms with Gasteiger partial charge in [0.05, 0.1) is 0 Å². The summed E-state index contributed by atoms with van der Waals surface area (Å²) in [6.07, 6.45) is 0. The van der Waals surface area contributed by atoms with Gasteiger partial charge in [-0.25, -0.2) is 0 Å². The van der Waals surface area contributed by atoms with Crippen molar-refractivity contribution in [3.05, 3.63) is 57.0 Å². The molecule has 0 amide bonds. The lowest BCUT2D eigenvalue weighted by atomic mass is 10.2. The normalized spacial score (nSPS) is 10.7. The van der Waals surface area contributed by atoms with Gasteiger partial charge in [0.2, 0.25) is 0 Å². The van der Waals surface area contributed by atoms with Gasteiger partial charge in [0.15, 0.2) is 0 Å². The average molecular weight is 336 g/mol. The van der Waals surface area contributed by atoms with Crippen molar-refractivity contribution in [2.24, 2.45) is 0 Å². The molecule has 0 bridgehead atoms. The minimum absolute atomic E-state index is 0.646. The van der Waals surface area contributed by atoms with Crippen LogP contribution >= 0.6 is 56.4 Å². The highest BCUT2D eigenvalue weighted by Crippen LogP contribution is 2.40. The van der Waals surface area contributed by atoms with E-state index in [1.165, 1.54) is 0 Å². The molecule has 18 heavy (non-hydrogen) atoms. The van der Waals surface area contributed by atoms with E-state index in [0.717, 1.165) is 20.4 Å². The Bertz CT molecular complexity index is 478. The molecule has 2 aromatic carbocycles. The summed E-state index contributed by atoms with van der Waals surface area (Å²) in [5.41, 5.74) is 1.15. The van der Waals surface area contributed by atoms with Crippen molar-refractivity contribution in [2.75, 3.05) is 0 Å². The van der Waals surface area contributed by atoms with Crippen LogP contribution in [0.2, 0.25) is 15.1 Å². The Kier molecular flexibility index (Phi) is 5.16. The van der Waals surface area contributed by atoms with E-state index in [4.69, 9.17) is 34.8 Å². The summed E-state index contributed by atoms with van der Waals surface area (Å²) in [6, 6.07) is 11.5. The van der Waals surface area contributed by atoms with E-state index in [2.05, 4.69) is 6.07 Å². The molecule has 94 valence electrons. The predicted molar refractivity (Wildman–Crippen MR) is 84.4 cm³/mol. The van der Waals surface area contributed by atoms with E-state index in [-0.39, 0.29) is 0 Å². The predicted octanol–water partition coefficient (Wildman–Crippen LogP) is 6.75. The van der Waals surface area contributed by atoms with Gasteiger partial charge in [0, 0.05) is 24.9 Å². The molecule has 0 N–H and O–H groups in total. The van der Waals surface area contributed by atoms with Crippen molar-refractivity contribution < 1.29 is 0 Å². The summed E-state index contributed by atoms with van der Waals surface area (Å²) in [7, 11) is 3.24. The standard InChI is InChI=1S/C13H9Cl3S2/c1-8-2-9(14)5-12(3-8)17-18-13-6-10(15)4-11(16)7-13/h2-7H,1H3. The van der Waals surface area contributed by atoms with E-state index in [0.29, 0.717) is 10.0 Å². The summed E-state index contributed by atoms with van der Waals surface area (Å²) < 4.78 is 0. The minimum atomic E-state index is 0.646. The molecule has 0 saturated carbocycles. The molecule has 0 aliphatic carbocycles. The van der Waals surface area contributed by atoms with Gasteiger partial charge in [-0.3, -0.25) is 0 Å². The van der Waals surface area contributed by atoms with Crippen LogP contribution in [0.5, 0.6) is 0 Å². The topological polar surface area (TPSA) is 0 Å². The van der Waals surface area contributed by atoms with Crippen LogP contribution in [0.25, 0.3) is 0 Å². The maximum atomic E-state index is 6.02. The molecule has 5 heteroatoms. The fraction of sp³-hybridized carbons (Fsp3) is 0.0769. The van der Waals surface area contributed by atoms with Crippen molar-refractivity contribution in [3.63, 3.8) is 0 Å². The number of benzene rings is 2. The van der Waals surface area contributed by atoms with Gasteiger partial charge in [0.25, 0.3) is 0 Å². The second kappa shape index (κ2) is 6.44. The summed E-state index contributed by atoms with van der Waals surface area (Å²) in [5, 5.41) is 2.04. The zero-order valence-corrected chi connectivity index (χ0v) is 13.3. The van der Waals surface area contributed by atoms with E-state index < -0.39 is 0 Å². The molecule has 0 heterocycles. The number of rotatable bonds is 3. The summed E-state index contributed by atoms with van der Waals surface area (Å²) in [4.78, 5) is 2.14. The molecule has 0 aromatic heterocycles. The van der Waals surface area contributed by atoms with Crippen LogP contribution < -0.4 is 0 Å². The Balaban J connectivity index is 2.11. The second-order valence-corrected chi connectivity index (χ2v) is 7.32. The molecule has 0 aliphatic heterocycles. The molecular formula is C13H9Cl3S2. The first-order chi connectivity index (χ1) is 8.52. The first kappa shape index (κ1) is 14.4. The van der Waals surface area contributed by atoms with Gasteiger partial charge in [-0.2, -0.15) is 0 Å². The van der Waals surface area contributed by atoms with Crippen LogP contribution in [-0.4, -0.2) is 0 Å². The third-order valence-electron chi connectivity index (χ3n) is 2.09. The van der Waals surface area contributed by atoms with Crippen LogP contribution in [0.1, 0.15) is 5.56 Å². The summed E-state index contributed by atoms with van der Waals surface area (Å²) in [6.45, 7) is 2.02. The van der Waals surface area contributed by atoms with Crippen molar-refractivity contribution in [3.8, 4) is 0 Å². The van der Waals surface area contributed by atoms with E-state index >= 15 is 0 Å². The highest BCUT2D eigenvalue weighted by Gasteiger charge is 2.02. The molecule has 0 radical (unpaired) electrons. The van der Waals surface area contributed by atoms with Gasteiger partial charge in [-0.1, -0.05) is 56.4 Å². The van der Waals surface area contributed by atoms with Gasteiger partial charge >= 0.3 is 0 Å². The van der Waals surface area contributed by atoms with Crippen molar-refractivity contribution in [1.82, 2.24) is 0 Å². The third kappa shape index (κ3) is 4.29. The van der Waals surface area contributed by atoms with Crippen molar-refractivity contribution in [1.29, 1.82) is 0 Å². The molecule has 2 aromatic rings. The van der Waals surface area contributed by atoms with Crippen LogP contribution in [0.4, 0.5) is 0 Å². The minimum Gasteiger partial charge on any atom is -0.0843 e. The fourth-order valence-electron chi connectivity index (χ4n) is 1.42. The van der Waals surface area contributed by atoms with Crippen LogP contribution in [0.15, 0.2) is 46.2 Å². The number of halogens is 3. The Morgan fingerprint density at radius 1 is 0.667 bits per heavy atom. The Morgan fingerprint density at radius 3 is 1.61 bits per heavy atom. The SMILES string of the molecule is Cc1cc(Cl)cc(SSc2cc(Cl)cc(Cl)c2)c1. The van der Waals surface area contributed by atoms with Gasteiger partial charge in [-0.15, -0.1) is 0 Å². The first-order valence-corrected chi connectivity index (χ1v) is 8.39. The number of hydrogen-bond donors (Lipinski definition) is 0. The van der Waals surface area contributed by atoms with E-state index in [1.54, 1.807) is 27.7 Å². The molecule has 0 fully saturated rings. The zero-order valence-electron chi connectivity index (χ0n) is 9.41. The van der Waals surface area contributed by atoms with Gasteiger partial charge < -0.3 is 0 Å². The van der Waals surface area contributed by atoms with E-state index in [1.807, 2.05) is 31.2 Å². The molecule has 0 atom stereocenters. The number of aryl methyl sites for hydroxylation is 1. The highest BCUT2D eigenvalue weighted by atomic mass is 35.5. The smallest absolute Gasteiger partial charge is 0.0432 e. The molecular weight excluding hydrogens is 327 g/mol. The molecule has 0 spiro atoms. The fourth-order valence-corrected chi connectivity index (χ4v) is 4.54. The largest absolute Gasteiger partial charge is 0.0843 e.